The van der Waals surface area contributed by atoms with Crippen molar-refractivity contribution in [3.05, 3.63) is 0 Å². The zero-order valence-corrected chi connectivity index (χ0v) is 11.0. The van der Waals surface area contributed by atoms with Crippen molar-refractivity contribution in [2.24, 2.45) is 0 Å². The van der Waals surface area contributed by atoms with Crippen molar-refractivity contribution in [3.8, 4) is 5.75 Å². The fourth-order valence-electron chi connectivity index (χ4n) is 1.44. The number of ether oxygens (including phenoxy) is 2. The van der Waals surface area contributed by atoms with Crippen LogP contribution in [0.25, 0.3) is 0 Å². The van der Waals surface area contributed by atoms with Crippen molar-refractivity contribution < 1.29 is 9.47 Å². The van der Waals surface area contributed by atoms with Crippen molar-refractivity contribution >= 4 is 22.4 Å². The van der Waals surface area contributed by atoms with Gasteiger partial charge in [-0.2, -0.15) is 4.37 Å². The second-order valence-corrected chi connectivity index (χ2v) is 4.44. The lowest BCUT2D eigenvalue weighted by Gasteiger charge is -2.27. The number of nitrogens with two attached hydrogens (primary N) is 1. The molecule has 0 aliphatic heterocycles. The summed E-state index contributed by atoms with van der Waals surface area (Å²) in [6.07, 6.45) is 0. The SMILES string of the molecule is COCCN(c1snc(N)c1OC)C(C)C. The first-order valence-corrected chi connectivity index (χ1v) is 5.93. The second kappa shape index (κ2) is 5.91. The third kappa shape index (κ3) is 2.76. The molecule has 0 aromatic carbocycles. The van der Waals surface area contributed by atoms with Gasteiger partial charge in [0.05, 0.1) is 13.7 Å². The molecular formula is C10H19N3O2S. The van der Waals surface area contributed by atoms with Crippen LogP contribution in [0, 0.1) is 0 Å². The summed E-state index contributed by atoms with van der Waals surface area (Å²) in [7, 11) is 3.30. The maximum atomic E-state index is 5.73. The molecule has 0 bridgehead atoms. The quantitative estimate of drug-likeness (QED) is 0.824. The fraction of sp³-hybridized carbons (Fsp3) is 0.700. The van der Waals surface area contributed by atoms with E-state index in [9.17, 15) is 0 Å². The van der Waals surface area contributed by atoms with E-state index >= 15 is 0 Å². The summed E-state index contributed by atoms with van der Waals surface area (Å²) in [6.45, 7) is 5.70. The zero-order chi connectivity index (χ0) is 12.1. The van der Waals surface area contributed by atoms with Crippen LogP contribution in [0.1, 0.15) is 13.8 Å². The molecule has 0 amide bonds. The van der Waals surface area contributed by atoms with Gasteiger partial charge in [0.1, 0.15) is 0 Å². The van der Waals surface area contributed by atoms with Crippen molar-refractivity contribution in [3.63, 3.8) is 0 Å². The minimum atomic E-state index is 0.351. The number of nitrogen functional groups attached to an aromatic ring is 1. The third-order valence-corrected chi connectivity index (χ3v) is 3.16. The van der Waals surface area contributed by atoms with Crippen molar-refractivity contribution in [1.82, 2.24) is 4.37 Å². The molecule has 1 aromatic heterocycles. The van der Waals surface area contributed by atoms with Crippen molar-refractivity contribution in [2.75, 3.05) is 38.0 Å². The van der Waals surface area contributed by atoms with Crippen molar-refractivity contribution in [2.45, 2.75) is 19.9 Å². The Bertz CT molecular complexity index is 328. The predicted molar refractivity (Wildman–Crippen MR) is 67.4 cm³/mol. The number of rotatable bonds is 6. The Hall–Kier alpha value is -1.01. The fourth-order valence-corrected chi connectivity index (χ4v) is 2.39. The van der Waals surface area contributed by atoms with Gasteiger partial charge in [0.25, 0.3) is 0 Å². The highest BCUT2D eigenvalue weighted by Gasteiger charge is 2.20. The molecule has 5 nitrogen and oxygen atoms in total. The molecule has 1 rings (SSSR count). The maximum absolute atomic E-state index is 5.73. The summed E-state index contributed by atoms with van der Waals surface area (Å²) < 4.78 is 14.5. The molecule has 2 N–H and O–H groups in total. The topological polar surface area (TPSA) is 60.6 Å². The number of nitrogens with zero attached hydrogens (tertiary/aromatic N) is 2. The Morgan fingerprint density at radius 2 is 2.12 bits per heavy atom. The monoisotopic (exact) mass is 245 g/mol. The lowest BCUT2D eigenvalue weighted by molar-refractivity contribution is 0.204. The van der Waals surface area contributed by atoms with Crippen LogP contribution in [0.15, 0.2) is 0 Å². The van der Waals surface area contributed by atoms with Gasteiger partial charge in [0, 0.05) is 19.7 Å². The molecule has 92 valence electrons. The van der Waals surface area contributed by atoms with Crippen molar-refractivity contribution in [1.29, 1.82) is 0 Å². The number of hydrogen-bond donors (Lipinski definition) is 1. The van der Waals surface area contributed by atoms with Gasteiger partial charge in [-0.25, -0.2) is 0 Å². The van der Waals surface area contributed by atoms with E-state index in [4.69, 9.17) is 15.2 Å². The molecule has 0 aliphatic carbocycles. The molecule has 1 heterocycles. The van der Waals surface area contributed by atoms with E-state index in [-0.39, 0.29) is 0 Å². The van der Waals surface area contributed by atoms with Gasteiger partial charge < -0.3 is 20.1 Å². The first-order valence-electron chi connectivity index (χ1n) is 5.16. The number of hydrogen-bond acceptors (Lipinski definition) is 6. The first kappa shape index (κ1) is 13.1. The largest absolute Gasteiger partial charge is 0.490 e. The van der Waals surface area contributed by atoms with Crippen LogP contribution >= 0.6 is 11.5 Å². The highest BCUT2D eigenvalue weighted by Crippen LogP contribution is 2.38. The predicted octanol–water partition coefficient (Wildman–Crippen LogP) is 1.60. The smallest absolute Gasteiger partial charge is 0.197 e. The van der Waals surface area contributed by atoms with E-state index in [0.717, 1.165) is 11.5 Å². The second-order valence-electron chi connectivity index (χ2n) is 3.69. The number of methoxy groups -OCH3 is 2. The van der Waals surface area contributed by atoms with Gasteiger partial charge in [-0.15, -0.1) is 0 Å². The maximum Gasteiger partial charge on any atom is 0.197 e. The molecule has 6 heteroatoms. The average molecular weight is 245 g/mol. The van der Waals surface area contributed by atoms with E-state index in [1.165, 1.54) is 11.5 Å². The molecule has 16 heavy (non-hydrogen) atoms. The summed E-state index contributed by atoms with van der Waals surface area (Å²) in [5.41, 5.74) is 5.73. The Labute approximate surface area is 100 Å². The van der Waals surface area contributed by atoms with Gasteiger partial charge in [-0.05, 0) is 25.4 Å². The van der Waals surface area contributed by atoms with Gasteiger partial charge in [-0.3, -0.25) is 0 Å². The van der Waals surface area contributed by atoms with Crippen LogP contribution in [0.4, 0.5) is 10.8 Å². The minimum absolute atomic E-state index is 0.351. The van der Waals surface area contributed by atoms with Crippen LogP contribution < -0.4 is 15.4 Å². The van der Waals surface area contributed by atoms with Gasteiger partial charge in [-0.1, -0.05) is 0 Å². The Kier molecular flexibility index (Phi) is 4.82. The van der Waals surface area contributed by atoms with E-state index in [1.54, 1.807) is 14.2 Å². The standard InChI is InChI=1S/C10H19N3O2S/c1-7(2)13(5-6-14-3)10-8(15-4)9(11)12-16-10/h7H,5-6H2,1-4H3,(H2,11,12). The summed E-state index contributed by atoms with van der Waals surface area (Å²) in [5.74, 6) is 1.11. The summed E-state index contributed by atoms with van der Waals surface area (Å²) in [4.78, 5) is 2.18. The van der Waals surface area contributed by atoms with E-state index in [1.807, 2.05) is 0 Å². The van der Waals surface area contributed by atoms with E-state index < -0.39 is 0 Å². The first-order chi connectivity index (χ1) is 7.61. The molecule has 1 aromatic rings. The minimum Gasteiger partial charge on any atom is -0.490 e. The molecule has 0 radical (unpaired) electrons. The Morgan fingerprint density at radius 1 is 1.44 bits per heavy atom. The molecule has 0 spiro atoms. The van der Waals surface area contributed by atoms with Crippen LogP contribution in [0.2, 0.25) is 0 Å². The lowest BCUT2D eigenvalue weighted by atomic mass is 10.3. The number of anilines is 2. The summed E-state index contributed by atoms with van der Waals surface area (Å²) >= 11 is 1.36. The van der Waals surface area contributed by atoms with Crippen LogP contribution in [-0.4, -0.2) is 37.8 Å². The molecule has 0 aliphatic rings. The van der Waals surface area contributed by atoms with Crippen LogP contribution in [0.5, 0.6) is 5.75 Å². The summed E-state index contributed by atoms with van der Waals surface area (Å²) in [6, 6.07) is 0.351. The number of aromatic nitrogens is 1. The average Bonchev–Trinajstić information content (AvgIpc) is 2.60. The molecule has 0 atom stereocenters. The van der Waals surface area contributed by atoms with Crippen LogP contribution in [-0.2, 0) is 4.74 Å². The molecular weight excluding hydrogens is 226 g/mol. The van der Waals surface area contributed by atoms with Gasteiger partial charge in [0.15, 0.2) is 16.6 Å². The van der Waals surface area contributed by atoms with E-state index in [0.29, 0.717) is 24.2 Å². The molecule has 0 saturated heterocycles. The highest BCUT2D eigenvalue weighted by atomic mass is 32.1. The van der Waals surface area contributed by atoms with E-state index in [2.05, 4.69) is 23.1 Å². The third-order valence-electron chi connectivity index (χ3n) is 2.28. The van der Waals surface area contributed by atoms with Gasteiger partial charge >= 0.3 is 0 Å². The molecule has 0 fully saturated rings. The lowest BCUT2D eigenvalue weighted by Crippen LogP contribution is -2.33. The molecule has 0 unspecified atom stereocenters. The van der Waals surface area contributed by atoms with Gasteiger partial charge in [0.2, 0.25) is 0 Å². The van der Waals surface area contributed by atoms with Crippen LogP contribution in [0.3, 0.4) is 0 Å². The Morgan fingerprint density at radius 3 is 2.62 bits per heavy atom. The molecule has 0 saturated carbocycles. The summed E-state index contributed by atoms with van der Waals surface area (Å²) in [5, 5.41) is 0.965. The normalized spacial score (nSPS) is 10.8. The zero-order valence-electron chi connectivity index (χ0n) is 10.2. The highest BCUT2D eigenvalue weighted by molar-refractivity contribution is 7.11. The Balaban J connectivity index is 2.91.